The summed E-state index contributed by atoms with van der Waals surface area (Å²) in [6, 6.07) is 3.41. The highest BCUT2D eigenvalue weighted by atomic mass is 32.1. The van der Waals surface area contributed by atoms with Gasteiger partial charge in [0.2, 0.25) is 5.69 Å². The van der Waals surface area contributed by atoms with Crippen molar-refractivity contribution in [2.45, 2.75) is 13.8 Å². The first kappa shape index (κ1) is 15.4. The molecule has 2 heterocycles. The molecule has 3 rings (SSSR count). The molecular formula is C14H16N5O3S+. The van der Waals surface area contributed by atoms with Crippen molar-refractivity contribution < 1.29 is 14.4 Å². The Kier molecular flexibility index (Phi) is 3.74. The Morgan fingerprint density at radius 3 is 2.87 bits per heavy atom. The number of hydrogen-bond acceptors (Lipinski definition) is 6. The summed E-state index contributed by atoms with van der Waals surface area (Å²) in [4.78, 5) is 32.8. The minimum absolute atomic E-state index is 0.309. The SMILES string of the molecule is CCNC(=O)Nc1nc2ccc3c(c2s1)[N+](C)(OC(C)=O)N=C3. The maximum atomic E-state index is 11.6. The van der Waals surface area contributed by atoms with E-state index < -0.39 is 5.97 Å². The molecule has 0 aliphatic carbocycles. The minimum atomic E-state index is -0.431. The quantitative estimate of drug-likeness (QED) is 0.842. The molecule has 1 unspecified atom stereocenters. The van der Waals surface area contributed by atoms with Gasteiger partial charge in [0.15, 0.2) is 5.13 Å². The van der Waals surface area contributed by atoms with Crippen LogP contribution in [0.15, 0.2) is 17.2 Å². The van der Waals surface area contributed by atoms with Crippen LogP contribution in [0.3, 0.4) is 0 Å². The lowest BCUT2D eigenvalue weighted by atomic mass is 10.2. The lowest BCUT2D eigenvalue weighted by Gasteiger charge is -2.20. The number of nitrogens with one attached hydrogen (secondary N) is 2. The molecular weight excluding hydrogens is 318 g/mol. The molecule has 120 valence electrons. The van der Waals surface area contributed by atoms with Crippen LogP contribution in [0.2, 0.25) is 0 Å². The maximum absolute atomic E-state index is 11.6. The van der Waals surface area contributed by atoms with Gasteiger partial charge in [-0.25, -0.2) is 19.4 Å². The Hall–Kier alpha value is -2.52. The molecule has 2 amide bonds. The third-order valence-electron chi connectivity index (χ3n) is 3.26. The number of amides is 2. The van der Waals surface area contributed by atoms with Crippen molar-refractivity contribution in [2.24, 2.45) is 5.10 Å². The maximum Gasteiger partial charge on any atom is 0.367 e. The van der Waals surface area contributed by atoms with E-state index in [1.807, 2.05) is 19.1 Å². The summed E-state index contributed by atoms with van der Waals surface area (Å²) in [6.07, 6.45) is 1.66. The second-order valence-electron chi connectivity index (χ2n) is 5.06. The third kappa shape index (κ3) is 2.76. The average molecular weight is 334 g/mol. The van der Waals surface area contributed by atoms with E-state index >= 15 is 0 Å². The number of hydroxylamine groups is 1. The molecule has 1 aliphatic heterocycles. The smallest absolute Gasteiger partial charge is 0.338 e. The molecule has 0 spiro atoms. The molecule has 1 aromatic carbocycles. The summed E-state index contributed by atoms with van der Waals surface area (Å²) in [5, 5.41) is 10.1. The molecule has 0 saturated carbocycles. The Labute approximate surface area is 136 Å². The zero-order valence-electron chi connectivity index (χ0n) is 12.9. The van der Waals surface area contributed by atoms with E-state index in [1.165, 1.54) is 18.3 Å². The standard InChI is InChI=1S/C14H15N5O3S/c1-4-15-13(21)18-14-17-10-6-5-9-7-16-19(3,22-8(2)20)11(9)12(10)23-14/h5-7H,4H2,1-3H3,(H-,15,16,17,18,21)/p+1. The van der Waals surface area contributed by atoms with Crippen LogP contribution in [0, 0.1) is 0 Å². The van der Waals surface area contributed by atoms with Gasteiger partial charge in [0, 0.05) is 18.2 Å². The van der Waals surface area contributed by atoms with E-state index in [4.69, 9.17) is 4.84 Å². The highest BCUT2D eigenvalue weighted by Crippen LogP contribution is 2.42. The number of hydrogen-bond donors (Lipinski definition) is 2. The number of carbonyl (C=O) groups is 2. The molecule has 9 heteroatoms. The fraction of sp³-hybridized carbons (Fsp3) is 0.286. The first-order valence-electron chi connectivity index (χ1n) is 7.04. The lowest BCUT2D eigenvalue weighted by molar-refractivity contribution is -0.176. The second-order valence-corrected chi connectivity index (χ2v) is 6.06. The molecule has 1 atom stereocenters. The zero-order chi connectivity index (χ0) is 16.6. The first-order valence-corrected chi connectivity index (χ1v) is 7.86. The normalized spacial score (nSPS) is 18.7. The number of benzene rings is 1. The Balaban J connectivity index is 2.03. The summed E-state index contributed by atoms with van der Waals surface area (Å²) in [5.74, 6) is -0.431. The van der Waals surface area contributed by atoms with Gasteiger partial charge >= 0.3 is 12.0 Å². The lowest BCUT2D eigenvalue weighted by Crippen LogP contribution is -2.39. The Morgan fingerprint density at radius 1 is 1.39 bits per heavy atom. The van der Waals surface area contributed by atoms with Crippen LogP contribution in [0.1, 0.15) is 19.4 Å². The Bertz CT molecular complexity index is 831. The van der Waals surface area contributed by atoms with Crippen molar-refractivity contribution in [3.05, 3.63) is 17.7 Å². The van der Waals surface area contributed by atoms with Crippen molar-refractivity contribution in [1.82, 2.24) is 15.1 Å². The monoisotopic (exact) mass is 334 g/mol. The number of fused-ring (bicyclic) bond motifs is 3. The molecule has 0 fully saturated rings. The van der Waals surface area contributed by atoms with Gasteiger partial charge in [0.05, 0.1) is 11.1 Å². The summed E-state index contributed by atoms with van der Waals surface area (Å²) in [7, 11) is 1.68. The highest BCUT2D eigenvalue weighted by Gasteiger charge is 2.40. The Morgan fingerprint density at radius 2 is 2.17 bits per heavy atom. The molecule has 8 nitrogen and oxygen atoms in total. The average Bonchev–Trinajstić information content (AvgIpc) is 2.99. The van der Waals surface area contributed by atoms with Crippen LogP contribution in [0.25, 0.3) is 10.2 Å². The zero-order valence-corrected chi connectivity index (χ0v) is 13.7. The van der Waals surface area contributed by atoms with E-state index in [-0.39, 0.29) is 10.8 Å². The fourth-order valence-corrected chi connectivity index (χ4v) is 3.51. The first-order chi connectivity index (χ1) is 10.9. The van der Waals surface area contributed by atoms with Crippen molar-refractivity contribution in [1.29, 1.82) is 0 Å². The van der Waals surface area contributed by atoms with Crippen LogP contribution < -0.4 is 15.4 Å². The van der Waals surface area contributed by atoms with E-state index in [1.54, 1.807) is 13.3 Å². The predicted octanol–water partition coefficient (Wildman–Crippen LogP) is 2.20. The van der Waals surface area contributed by atoms with Gasteiger partial charge in [-0.3, -0.25) is 5.32 Å². The van der Waals surface area contributed by atoms with Crippen LogP contribution in [-0.4, -0.2) is 36.8 Å². The molecule has 1 aliphatic rings. The summed E-state index contributed by atoms with van der Waals surface area (Å²) in [5.41, 5.74) is 2.30. The van der Waals surface area contributed by atoms with Gasteiger partial charge in [0.25, 0.3) is 0 Å². The van der Waals surface area contributed by atoms with Gasteiger partial charge in [-0.05, 0) is 24.2 Å². The molecule has 0 saturated heterocycles. The molecule has 2 N–H and O–H groups in total. The van der Waals surface area contributed by atoms with Crippen molar-refractivity contribution >= 4 is 50.6 Å². The number of carbonyl (C=O) groups excluding carboxylic acids is 2. The number of aromatic nitrogens is 1. The topological polar surface area (TPSA) is 92.7 Å². The van der Waals surface area contributed by atoms with Crippen LogP contribution >= 0.6 is 11.3 Å². The summed E-state index contributed by atoms with van der Waals surface area (Å²) < 4.78 is 0.501. The van der Waals surface area contributed by atoms with Crippen LogP contribution in [-0.2, 0) is 9.63 Å². The van der Waals surface area contributed by atoms with Gasteiger partial charge in [-0.2, -0.15) is 0 Å². The molecule has 0 bridgehead atoms. The van der Waals surface area contributed by atoms with E-state index in [0.29, 0.717) is 17.2 Å². The second kappa shape index (κ2) is 5.60. The van der Waals surface area contributed by atoms with E-state index in [9.17, 15) is 9.59 Å². The number of quaternary nitrogens is 1. The van der Waals surface area contributed by atoms with Gasteiger partial charge in [-0.1, -0.05) is 11.3 Å². The fourth-order valence-electron chi connectivity index (χ4n) is 2.43. The van der Waals surface area contributed by atoms with Crippen molar-refractivity contribution in [3.63, 3.8) is 0 Å². The van der Waals surface area contributed by atoms with Crippen LogP contribution in [0.4, 0.5) is 15.6 Å². The predicted molar refractivity (Wildman–Crippen MR) is 89.4 cm³/mol. The van der Waals surface area contributed by atoms with Crippen LogP contribution in [0.5, 0.6) is 0 Å². The summed E-state index contributed by atoms with van der Waals surface area (Å²) >= 11 is 1.32. The molecule has 0 radical (unpaired) electrons. The highest BCUT2D eigenvalue weighted by molar-refractivity contribution is 7.23. The van der Waals surface area contributed by atoms with Gasteiger partial charge in [0.1, 0.15) is 18.0 Å². The number of nitrogens with zero attached hydrogens (tertiary/aromatic N) is 3. The van der Waals surface area contributed by atoms with E-state index in [0.717, 1.165) is 16.0 Å². The number of thiazole rings is 1. The van der Waals surface area contributed by atoms with Crippen molar-refractivity contribution in [3.8, 4) is 0 Å². The molecule has 23 heavy (non-hydrogen) atoms. The number of rotatable bonds is 3. The van der Waals surface area contributed by atoms with Gasteiger partial charge in [-0.15, -0.1) is 0 Å². The minimum Gasteiger partial charge on any atom is -0.338 e. The number of urea groups is 1. The van der Waals surface area contributed by atoms with E-state index in [2.05, 4.69) is 20.7 Å². The number of anilines is 1. The molecule has 2 aromatic rings. The largest absolute Gasteiger partial charge is 0.367 e. The summed E-state index contributed by atoms with van der Waals surface area (Å²) in [6.45, 7) is 3.71. The third-order valence-corrected chi connectivity index (χ3v) is 4.25. The van der Waals surface area contributed by atoms with Crippen molar-refractivity contribution in [2.75, 3.05) is 18.9 Å². The molecule has 1 aromatic heterocycles. The van der Waals surface area contributed by atoms with Gasteiger partial charge < -0.3 is 5.32 Å².